The number of ketones is 1. The molecule has 1 N–H and O–H groups in total. The molecule has 1 aromatic heterocycles. The molecule has 5 rings (SSSR count). The summed E-state index contributed by atoms with van der Waals surface area (Å²) in [5.41, 5.74) is 3.16. The summed E-state index contributed by atoms with van der Waals surface area (Å²) in [6.45, 7) is 3.24. The predicted octanol–water partition coefficient (Wildman–Crippen LogP) is 4.16. The monoisotopic (exact) mass is 478 g/mol. The number of hydrogen-bond donors (Lipinski definition) is 1. The van der Waals surface area contributed by atoms with Crippen molar-refractivity contribution in [2.24, 2.45) is 0 Å². The molecule has 0 radical (unpaired) electrons. The second-order valence-electron chi connectivity index (χ2n) is 8.51. The molecule has 1 amide bonds. The second kappa shape index (κ2) is 9.60. The van der Waals surface area contributed by atoms with Crippen molar-refractivity contribution >= 4 is 29.1 Å². The molecule has 2 atom stereocenters. The molecule has 0 unspecified atom stereocenters. The van der Waals surface area contributed by atoms with E-state index in [0.29, 0.717) is 17.3 Å². The van der Waals surface area contributed by atoms with Crippen molar-refractivity contribution in [2.75, 3.05) is 24.8 Å². The van der Waals surface area contributed by atoms with Gasteiger partial charge >= 0.3 is 0 Å². The number of carbonyl (C=O) groups excluding carboxylic acids is 2. The summed E-state index contributed by atoms with van der Waals surface area (Å²) in [4.78, 5) is 24.9. The van der Waals surface area contributed by atoms with Crippen LogP contribution in [0.25, 0.3) is 11.4 Å². The molecule has 9 heteroatoms. The smallest absolute Gasteiger partial charge is 0.231 e. The number of hydrogen-bond acceptors (Lipinski definition) is 7. The number of fused-ring (bicyclic) bond motifs is 1. The van der Waals surface area contributed by atoms with E-state index in [9.17, 15) is 9.59 Å². The molecular formula is C25H26N4O4S. The molecule has 1 fully saturated rings. The number of nitrogens with one attached hydrogen (secondary N) is 1. The summed E-state index contributed by atoms with van der Waals surface area (Å²) in [7, 11) is 1.64. The zero-order valence-electron chi connectivity index (χ0n) is 19.1. The molecule has 0 aliphatic carbocycles. The Morgan fingerprint density at radius 1 is 1.24 bits per heavy atom. The lowest BCUT2D eigenvalue weighted by Crippen LogP contribution is -2.17. The maximum absolute atomic E-state index is 13.0. The van der Waals surface area contributed by atoms with E-state index < -0.39 is 0 Å². The minimum atomic E-state index is -0.253. The van der Waals surface area contributed by atoms with Gasteiger partial charge in [-0.1, -0.05) is 11.8 Å². The molecule has 3 aromatic rings. The average Bonchev–Trinajstić information content (AvgIpc) is 3.58. The average molecular weight is 479 g/mol. The van der Waals surface area contributed by atoms with E-state index in [0.717, 1.165) is 47.8 Å². The minimum absolute atomic E-state index is 0.0167. The number of benzene rings is 2. The molecule has 0 saturated carbocycles. The third kappa shape index (κ3) is 4.45. The fourth-order valence-electron chi connectivity index (χ4n) is 4.31. The van der Waals surface area contributed by atoms with Gasteiger partial charge < -0.3 is 14.8 Å². The van der Waals surface area contributed by atoms with Gasteiger partial charge in [-0.25, -0.2) is 0 Å². The molecule has 2 aliphatic rings. The van der Waals surface area contributed by atoms with Gasteiger partial charge in [-0.3, -0.25) is 14.2 Å². The van der Waals surface area contributed by atoms with Gasteiger partial charge in [-0.05, 0) is 67.8 Å². The number of Topliss-reactive ketones (excluding diaryl/α,β-unsaturated/α-hetero) is 1. The summed E-state index contributed by atoms with van der Waals surface area (Å²) >= 11 is 1.37. The first-order valence-corrected chi connectivity index (χ1v) is 12.3. The summed E-state index contributed by atoms with van der Waals surface area (Å²) < 4.78 is 13.2. The first-order chi connectivity index (χ1) is 16.5. The number of nitrogens with zero attached hydrogens (tertiary/aromatic N) is 3. The summed E-state index contributed by atoms with van der Waals surface area (Å²) in [6, 6.07) is 13.1. The number of amides is 1. The Morgan fingerprint density at radius 3 is 2.79 bits per heavy atom. The van der Waals surface area contributed by atoms with Crippen molar-refractivity contribution in [2.45, 2.75) is 43.5 Å². The second-order valence-corrected chi connectivity index (χ2v) is 9.45. The fraction of sp³-hybridized carbons (Fsp3) is 0.360. The number of methoxy groups -OCH3 is 1. The van der Waals surface area contributed by atoms with Crippen LogP contribution < -0.4 is 10.1 Å². The van der Waals surface area contributed by atoms with Crippen LogP contribution in [0.15, 0.2) is 47.6 Å². The molecule has 2 aliphatic heterocycles. The molecule has 0 bridgehead atoms. The van der Waals surface area contributed by atoms with Crippen molar-refractivity contribution in [3.05, 3.63) is 53.6 Å². The standard InChI is InChI=1S/C25H26N4O4S/c1-15-20-12-17(7-10-21(20)26-24(15)31)22(30)14-34-25-28-27-23(16-5-8-18(32-2)9-6-16)29(25)13-19-4-3-11-33-19/h5-10,12,15,19H,3-4,11,13-14H2,1-2H3,(H,26,31)/t15-,19-/m0/s1. The van der Waals surface area contributed by atoms with E-state index >= 15 is 0 Å². The van der Waals surface area contributed by atoms with Crippen molar-refractivity contribution in [1.82, 2.24) is 14.8 Å². The Hall–Kier alpha value is -3.17. The first kappa shape index (κ1) is 22.6. The van der Waals surface area contributed by atoms with Gasteiger partial charge in [0.05, 0.1) is 31.4 Å². The van der Waals surface area contributed by atoms with Crippen molar-refractivity contribution in [1.29, 1.82) is 0 Å². The Labute approximate surface area is 202 Å². The lowest BCUT2D eigenvalue weighted by atomic mass is 9.99. The highest BCUT2D eigenvalue weighted by molar-refractivity contribution is 7.99. The van der Waals surface area contributed by atoms with E-state index in [4.69, 9.17) is 9.47 Å². The predicted molar refractivity (Wildman–Crippen MR) is 130 cm³/mol. The van der Waals surface area contributed by atoms with E-state index in [1.807, 2.05) is 41.8 Å². The lowest BCUT2D eigenvalue weighted by molar-refractivity contribution is -0.116. The zero-order chi connectivity index (χ0) is 23.7. The van der Waals surface area contributed by atoms with Gasteiger partial charge in [0.1, 0.15) is 5.75 Å². The topological polar surface area (TPSA) is 95.3 Å². The van der Waals surface area contributed by atoms with Crippen LogP contribution in [0.4, 0.5) is 5.69 Å². The van der Waals surface area contributed by atoms with E-state index in [1.54, 1.807) is 19.2 Å². The number of aromatic nitrogens is 3. The quantitative estimate of drug-likeness (QED) is 0.384. The molecule has 1 saturated heterocycles. The Morgan fingerprint density at radius 2 is 2.06 bits per heavy atom. The summed E-state index contributed by atoms with van der Waals surface area (Å²) in [6.07, 6.45) is 2.13. The van der Waals surface area contributed by atoms with Gasteiger partial charge in [0.15, 0.2) is 16.8 Å². The Kier molecular flexibility index (Phi) is 6.38. The van der Waals surface area contributed by atoms with E-state index in [2.05, 4.69) is 15.5 Å². The molecular weight excluding hydrogens is 452 g/mol. The van der Waals surface area contributed by atoms with Crippen LogP contribution in [0.5, 0.6) is 5.75 Å². The van der Waals surface area contributed by atoms with Crippen LogP contribution in [0.3, 0.4) is 0 Å². The normalized spacial score (nSPS) is 19.2. The highest BCUT2D eigenvalue weighted by Crippen LogP contribution is 2.33. The highest BCUT2D eigenvalue weighted by Gasteiger charge is 2.27. The Balaban J connectivity index is 1.36. The van der Waals surface area contributed by atoms with Crippen molar-refractivity contribution in [3.63, 3.8) is 0 Å². The van der Waals surface area contributed by atoms with Crippen molar-refractivity contribution < 1.29 is 19.1 Å². The van der Waals surface area contributed by atoms with Crippen molar-refractivity contribution in [3.8, 4) is 17.1 Å². The van der Waals surface area contributed by atoms with Crippen LogP contribution in [-0.2, 0) is 16.1 Å². The number of carbonyl (C=O) groups is 2. The van der Waals surface area contributed by atoms with Gasteiger partial charge in [0.25, 0.3) is 0 Å². The Bertz CT molecular complexity index is 1220. The molecule has 0 spiro atoms. The molecule has 176 valence electrons. The lowest BCUT2D eigenvalue weighted by Gasteiger charge is -2.15. The first-order valence-electron chi connectivity index (χ1n) is 11.3. The molecule has 2 aromatic carbocycles. The van der Waals surface area contributed by atoms with E-state index in [-0.39, 0.29) is 29.5 Å². The van der Waals surface area contributed by atoms with Gasteiger partial charge in [0, 0.05) is 23.4 Å². The number of ether oxygens (including phenoxy) is 2. The van der Waals surface area contributed by atoms with Gasteiger partial charge in [-0.15, -0.1) is 10.2 Å². The van der Waals surface area contributed by atoms with Crippen LogP contribution in [0, 0.1) is 0 Å². The maximum Gasteiger partial charge on any atom is 0.231 e. The van der Waals surface area contributed by atoms with Crippen LogP contribution in [0.1, 0.15) is 41.6 Å². The largest absolute Gasteiger partial charge is 0.497 e. The molecule has 34 heavy (non-hydrogen) atoms. The fourth-order valence-corrected chi connectivity index (χ4v) is 5.15. The van der Waals surface area contributed by atoms with Gasteiger partial charge in [0.2, 0.25) is 5.91 Å². The highest BCUT2D eigenvalue weighted by atomic mass is 32.2. The van der Waals surface area contributed by atoms with Gasteiger partial charge in [-0.2, -0.15) is 0 Å². The van der Waals surface area contributed by atoms with Crippen LogP contribution >= 0.6 is 11.8 Å². The SMILES string of the molecule is COc1ccc(-c2nnc(SCC(=O)c3ccc4c(c3)[C@H](C)C(=O)N4)n2C[C@@H]2CCCO2)cc1. The third-order valence-electron chi connectivity index (χ3n) is 6.30. The third-order valence-corrected chi connectivity index (χ3v) is 7.27. The summed E-state index contributed by atoms with van der Waals surface area (Å²) in [5, 5.41) is 12.4. The molecule has 3 heterocycles. The number of thioether (sulfide) groups is 1. The van der Waals surface area contributed by atoms with Crippen LogP contribution in [-0.4, -0.2) is 52.0 Å². The number of anilines is 1. The minimum Gasteiger partial charge on any atom is -0.497 e. The molecule has 8 nitrogen and oxygen atoms in total. The summed E-state index contributed by atoms with van der Waals surface area (Å²) in [5.74, 6) is 1.43. The maximum atomic E-state index is 13.0. The van der Waals surface area contributed by atoms with E-state index in [1.165, 1.54) is 11.8 Å². The zero-order valence-corrected chi connectivity index (χ0v) is 19.9. The van der Waals surface area contributed by atoms with Crippen LogP contribution in [0.2, 0.25) is 0 Å². The number of rotatable bonds is 8.